The van der Waals surface area contributed by atoms with Crippen LogP contribution < -0.4 is 5.32 Å². The third kappa shape index (κ3) is 4.81. The molecule has 2 aromatic carbocycles. The number of aromatic carboxylic acids is 1. The molecule has 1 aliphatic rings. The number of carbonyl (C=O) groups excluding carboxylic acids is 1. The number of anilines is 1. The van der Waals surface area contributed by atoms with Gasteiger partial charge in [-0.2, -0.15) is 4.98 Å². The van der Waals surface area contributed by atoms with Crippen LogP contribution in [0.15, 0.2) is 65.0 Å². The van der Waals surface area contributed by atoms with Crippen LogP contribution in [0.25, 0.3) is 0 Å². The molecule has 176 valence electrons. The SMILES string of the molecule is CCCOC(=O)C1=C(C)Nc2nc(SCc3ccccc3F)nn2C1c1ccc(C(=O)O)cc1. The number of carboxylic acids is 1. The summed E-state index contributed by atoms with van der Waals surface area (Å²) in [5.41, 5.74) is 2.25. The van der Waals surface area contributed by atoms with E-state index in [9.17, 15) is 19.1 Å². The Bertz CT molecular complexity index is 1260. The maximum Gasteiger partial charge on any atom is 0.338 e. The first-order valence-electron chi connectivity index (χ1n) is 10.7. The summed E-state index contributed by atoms with van der Waals surface area (Å²) in [6, 6.07) is 12.1. The molecule has 1 aliphatic heterocycles. The maximum absolute atomic E-state index is 14.0. The summed E-state index contributed by atoms with van der Waals surface area (Å²) in [4.78, 5) is 28.8. The molecule has 8 nitrogen and oxygen atoms in total. The molecule has 0 radical (unpaired) electrons. The van der Waals surface area contributed by atoms with E-state index >= 15 is 0 Å². The van der Waals surface area contributed by atoms with Gasteiger partial charge in [0.2, 0.25) is 11.1 Å². The van der Waals surface area contributed by atoms with Gasteiger partial charge in [-0.25, -0.2) is 18.7 Å². The Morgan fingerprint density at radius 2 is 1.94 bits per heavy atom. The monoisotopic (exact) mass is 482 g/mol. The van der Waals surface area contributed by atoms with Gasteiger partial charge in [-0.05, 0) is 42.7 Å². The number of esters is 1. The molecule has 0 amide bonds. The molecule has 0 saturated heterocycles. The minimum absolute atomic E-state index is 0.133. The zero-order valence-corrected chi connectivity index (χ0v) is 19.4. The summed E-state index contributed by atoms with van der Waals surface area (Å²) in [5.74, 6) is -1.06. The molecule has 2 heterocycles. The highest BCUT2D eigenvalue weighted by Crippen LogP contribution is 2.37. The number of rotatable bonds is 8. The molecule has 1 unspecified atom stereocenters. The predicted octanol–water partition coefficient (Wildman–Crippen LogP) is 4.65. The van der Waals surface area contributed by atoms with Crippen molar-refractivity contribution in [3.63, 3.8) is 0 Å². The molecule has 0 spiro atoms. The third-order valence-electron chi connectivity index (χ3n) is 5.28. The van der Waals surface area contributed by atoms with Crippen molar-refractivity contribution in [2.24, 2.45) is 0 Å². The first kappa shape index (κ1) is 23.5. The standard InChI is InChI=1S/C24H23FN4O4S/c1-3-12-33-22(32)19-14(2)26-23-27-24(34-13-17-6-4-5-7-18(17)25)28-29(23)20(19)15-8-10-16(11-9-15)21(30)31/h4-11,20H,3,12-13H2,1-2H3,(H,30,31)(H,26,27,28). The van der Waals surface area contributed by atoms with E-state index in [2.05, 4.69) is 15.4 Å². The lowest BCUT2D eigenvalue weighted by Gasteiger charge is -2.28. The molecule has 0 bridgehead atoms. The highest BCUT2D eigenvalue weighted by atomic mass is 32.2. The summed E-state index contributed by atoms with van der Waals surface area (Å²) in [6.45, 7) is 3.93. The third-order valence-corrected chi connectivity index (χ3v) is 6.16. The van der Waals surface area contributed by atoms with Gasteiger partial charge in [0.1, 0.15) is 11.9 Å². The van der Waals surface area contributed by atoms with Gasteiger partial charge in [0.05, 0.1) is 17.7 Å². The van der Waals surface area contributed by atoms with Gasteiger partial charge in [0.15, 0.2) is 0 Å². The zero-order valence-electron chi connectivity index (χ0n) is 18.6. The number of nitrogens with one attached hydrogen (secondary N) is 1. The van der Waals surface area contributed by atoms with Gasteiger partial charge in [-0.1, -0.05) is 49.0 Å². The molecular formula is C24H23FN4O4S. The number of hydrogen-bond acceptors (Lipinski definition) is 7. The van der Waals surface area contributed by atoms with E-state index in [1.807, 2.05) is 6.92 Å². The number of thioether (sulfide) groups is 1. The van der Waals surface area contributed by atoms with Crippen molar-refractivity contribution in [3.8, 4) is 0 Å². The van der Waals surface area contributed by atoms with Gasteiger partial charge >= 0.3 is 11.9 Å². The summed E-state index contributed by atoms with van der Waals surface area (Å²) < 4.78 is 21.0. The van der Waals surface area contributed by atoms with Crippen LogP contribution in [0, 0.1) is 5.82 Å². The summed E-state index contributed by atoms with van der Waals surface area (Å²) >= 11 is 1.27. The van der Waals surface area contributed by atoms with Gasteiger partial charge in [-0.3, -0.25) is 0 Å². The van der Waals surface area contributed by atoms with Crippen molar-refractivity contribution in [1.29, 1.82) is 0 Å². The summed E-state index contributed by atoms with van der Waals surface area (Å²) in [5, 5.41) is 17.4. The van der Waals surface area contributed by atoms with Crippen molar-refractivity contribution in [1.82, 2.24) is 14.8 Å². The molecule has 2 N–H and O–H groups in total. The Morgan fingerprint density at radius 3 is 2.62 bits per heavy atom. The van der Waals surface area contributed by atoms with Crippen LogP contribution in [0.2, 0.25) is 0 Å². The van der Waals surface area contributed by atoms with Crippen molar-refractivity contribution in [2.75, 3.05) is 11.9 Å². The Morgan fingerprint density at radius 1 is 1.21 bits per heavy atom. The number of halogens is 1. The van der Waals surface area contributed by atoms with Gasteiger partial charge in [0.25, 0.3) is 0 Å². The van der Waals surface area contributed by atoms with Crippen molar-refractivity contribution in [2.45, 2.75) is 37.2 Å². The molecule has 1 aromatic heterocycles. The normalized spacial score (nSPS) is 15.0. The lowest BCUT2D eigenvalue weighted by Crippen LogP contribution is -2.29. The van der Waals surface area contributed by atoms with E-state index in [0.29, 0.717) is 45.7 Å². The second-order valence-electron chi connectivity index (χ2n) is 7.67. The Balaban J connectivity index is 1.70. The van der Waals surface area contributed by atoms with Crippen molar-refractivity contribution < 1.29 is 23.8 Å². The van der Waals surface area contributed by atoms with E-state index in [-0.39, 0.29) is 18.0 Å². The van der Waals surface area contributed by atoms with Gasteiger partial charge < -0.3 is 15.2 Å². The first-order chi connectivity index (χ1) is 16.4. The lowest BCUT2D eigenvalue weighted by atomic mass is 9.95. The number of fused-ring (bicyclic) bond motifs is 1. The minimum Gasteiger partial charge on any atom is -0.478 e. The molecule has 10 heteroatoms. The number of ether oxygens (including phenoxy) is 1. The number of hydrogen-bond donors (Lipinski definition) is 2. The predicted molar refractivity (Wildman–Crippen MR) is 125 cm³/mol. The van der Waals surface area contributed by atoms with Gasteiger partial charge in [-0.15, -0.1) is 5.10 Å². The molecule has 0 fully saturated rings. The van der Waals surface area contributed by atoms with Crippen LogP contribution in [0.1, 0.15) is 47.8 Å². The number of benzene rings is 2. The Kier molecular flexibility index (Phi) is 6.97. The molecule has 0 aliphatic carbocycles. The van der Waals surface area contributed by atoms with Gasteiger partial charge in [0, 0.05) is 11.4 Å². The molecule has 4 rings (SSSR count). The maximum atomic E-state index is 14.0. The zero-order chi connectivity index (χ0) is 24.2. The van der Waals surface area contributed by atoms with Crippen LogP contribution in [-0.4, -0.2) is 38.4 Å². The molecule has 34 heavy (non-hydrogen) atoms. The van der Waals surface area contributed by atoms with E-state index in [4.69, 9.17) is 4.74 Å². The first-order valence-corrected chi connectivity index (χ1v) is 11.7. The smallest absolute Gasteiger partial charge is 0.338 e. The van der Waals surface area contributed by atoms with Crippen LogP contribution in [0.5, 0.6) is 0 Å². The Hall–Kier alpha value is -3.66. The average molecular weight is 483 g/mol. The minimum atomic E-state index is -1.04. The van der Waals surface area contributed by atoms with Crippen LogP contribution in [0.4, 0.5) is 10.3 Å². The topological polar surface area (TPSA) is 106 Å². The van der Waals surface area contributed by atoms with Crippen molar-refractivity contribution in [3.05, 3.63) is 82.3 Å². The molecular weight excluding hydrogens is 459 g/mol. The van der Waals surface area contributed by atoms with Crippen LogP contribution in [0.3, 0.4) is 0 Å². The number of nitrogens with zero attached hydrogens (tertiary/aromatic N) is 3. The highest BCUT2D eigenvalue weighted by molar-refractivity contribution is 7.98. The fourth-order valence-electron chi connectivity index (χ4n) is 3.60. The lowest BCUT2D eigenvalue weighted by molar-refractivity contribution is -0.139. The molecule has 1 atom stereocenters. The Labute approximate surface area is 199 Å². The quantitative estimate of drug-likeness (QED) is 0.353. The molecule has 3 aromatic rings. The number of aromatic nitrogens is 3. The fourth-order valence-corrected chi connectivity index (χ4v) is 4.42. The molecule has 0 saturated carbocycles. The second-order valence-corrected chi connectivity index (χ2v) is 8.61. The van der Waals surface area contributed by atoms with E-state index in [0.717, 1.165) is 0 Å². The van der Waals surface area contributed by atoms with E-state index in [1.54, 1.807) is 41.9 Å². The highest BCUT2D eigenvalue weighted by Gasteiger charge is 2.35. The van der Waals surface area contributed by atoms with Crippen LogP contribution >= 0.6 is 11.8 Å². The van der Waals surface area contributed by atoms with E-state index in [1.165, 1.54) is 30.0 Å². The summed E-state index contributed by atoms with van der Waals surface area (Å²) in [7, 11) is 0. The largest absolute Gasteiger partial charge is 0.478 e. The fraction of sp³-hybridized carbons (Fsp3) is 0.250. The van der Waals surface area contributed by atoms with Crippen LogP contribution in [-0.2, 0) is 15.3 Å². The average Bonchev–Trinajstić information content (AvgIpc) is 3.23. The number of carbonyl (C=O) groups is 2. The number of carboxylic acid groups (broad SMARTS) is 1. The second kappa shape index (κ2) is 10.1. The van der Waals surface area contributed by atoms with Crippen molar-refractivity contribution >= 4 is 29.6 Å². The number of allylic oxidation sites excluding steroid dienone is 1. The van der Waals surface area contributed by atoms with E-state index < -0.39 is 18.0 Å². The summed E-state index contributed by atoms with van der Waals surface area (Å²) in [6.07, 6.45) is 0.675.